The Morgan fingerprint density at radius 3 is 2.54 bits per heavy atom. The first-order valence-corrected chi connectivity index (χ1v) is 11.3. The number of nitrogens with one attached hydrogen (secondary N) is 2. The van der Waals surface area contributed by atoms with Gasteiger partial charge in [-0.05, 0) is 49.2 Å². The SMILES string of the molecule is CCOC(=O)NC(=O)C(C#N)N(C)Nc1cc(Cl)c(Oc2ccc3c(c2)CCC(=O)N3C)c(Cl)c1. The van der Waals surface area contributed by atoms with Crippen molar-refractivity contribution in [3.8, 4) is 17.6 Å². The number of carbonyl (C=O) groups is 3. The number of likely N-dealkylation sites (N-methyl/N-ethyl adjacent to an activating group) is 1. The Hall–Kier alpha value is -3.52. The van der Waals surface area contributed by atoms with Gasteiger partial charge in [0.15, 0.2) is 11.8 Å². The van der Waals surface area contributed by atoms with Crippen LogP contribution in [-0.4, -0.2) is 49.7 Å². The topological polar surface area (TPSA) is 124 Å². The summed E-state index contributed by atoms with van der Waals surface area (Å²) in [5.41, 5.74) is 5.02. The first-order chi connectivity index (χ1) is 16.6. The van der Waals surface area contributed by atoms with E-state index in [1.54, 1.807) is 37.1 Å². The predicted molar refractivity (Wildman–Crippen MR) is 131 cm³/mol. The molecule has 3 rings (SSSR count). The van der Waals surface area contributed by atoms with Crippen LogP contribution in [0.1, 0.15) is 18.9 Å². The quantitative estimate of drug-likeness (QED) is 0.523. The molecule has 1 atom stereocenters. The van der Waals surface area contributed by atoms with Crippen LogP contribution >= 0.6 is 23.2 Å². The number of amides is 3. The van der Waals surface area contributed by atoms with Crippen molar-refractivity contribution >= 4 is 52.5 Å². The van der Waals surface area contributed by atoms with E-state index in [9.17, 15) is 19.6 Å². The average Bonchev–Trinajstić information content (AvgIpc) is 2.79. The fraction of sp³-hybridized carbons (Fsp3) is 0.304. The number of hydrogen-bond acceptors (Lipinski definition) is 8. The number of halogens is 2. The lowest BCUT2D eigenvalue weighted by Gasteiger charge is -2.26. The molecule has 0 aliphatic carbocycles. The third-order valence-corrected chi connectivity index (χ3v) is 5.74. The molecular weight excluding hydrogens is 497 g/mol. The minimum Gasteiger partial charge on any atom is -0.454 e. The third-order valence-electron chi connectivity index (χ3n) is 5.18. The summed E-state index contributed by atoms with van der Waals surface area (Å²) in [6.07, 6.45) is 0.0826. The summed E-state index contributed by atoms with van der Waals surface area (Å²) < 4.78 is 10.6. The van der Waals surface area contributed by atoms with E-state index in [0.29, 0.717) is 24.3 Å². The Kier molecular flexibility index (Phi) is 8.40. The van der Waals surface area contributed by atoms with E-state index in [0.717, 1.165) is 11.3 Å². The van der Waals surface area contributed by atoms with E-state index in [2.05, 4.69) is 10.2 Å². The van der Waals surface area contributed by atoms with Crippen molar-refractivity contribution in [2.24, 2.45) is 0 Å². The Balaban J connectivity index is 1.73. The van der Waals surface area contributed by atoms with Gasteiger partial charge in [0.05, 0.1) is 28.4 Å². The number of rotatable bonds is 7. The lowest BCUT2D eigenvalue weighted by molar-refractivity contribution is -0.123. The van der Waals surface area contributed by atoms with Crippen LogP contribution in [0.15, 0.2) is 30.3 Å². The van der Waals surface area contributed by atoms with Gasteiger partial charge in [-0.15, -0.1) is 0 Å². The summed E-state index contributed by atoms with van der Waals surface area (Å²) in [5.74, 6) is -0.0768. The van der Waals surface area contributed by atoms with Gasteiger partial charge in [-0.2, -0.15) is 5.26 Å². The number of ether oxygens (including phenoxy) is 2. The zero-order chi connectivity index (χ0) is 25.7. The molecule has 184 valence electrons. The van der Waals surface area contributed by atoms with Crippen molar-refractivity contribution in [3.63, 3.8) is 0 Å². The first kappa shape index (κ1) is 26.1. The number of hydrogen-bond donors (Lipinski definition) is 2. The molecule has 1 aliphatic rings. The van der Waals surface area contributed by atoms with Crippen molar-refractivity contribution in [1.29, 1.82) is 5.26 Å². The van der Waals surface area contributed by atoms with Crippen molar-refractivity contribution in [1.82, 2.24) is 10.3 Å². The molecule has 1 aliphatic heterocycles. The Morgan fingerprint density at radius 1 is 1.23 bits per heavy atom. The van der Waals surface area contributed by atoms with Crippen LogP contribution in [0.2, 0.25) is 10.0 Å². The van der Waals surface area contributed by atoms with Gasteiger partial charge >= 0.3 is 6.09 Å². The van der Waals surface area contributed by atoms with Crippen molar-refractivity contribution in [3.05, 3.63) is 45.9 Å². The number of aryl methyl sites for hydroxylation is 1. The van der Waals surface area contributed by atoms with Gasteiger partial charge in [0.1, 0.15) is 5.75 Å². The molecule has 0 radical (unpaired) electrons. The van der Waals surface area contributed by atoms with E-state index in [-0.39, 0.29) is 28.3 Å². The number of alkyl carbamates (subject to hydrolysis) is 1. The van der Waals surface area contributed by atoms with Gasteiger partial charge in [-0.25, -0.2) is 9.80 Å². The second kappa shape index (κ2) is 11.3. The van der Waals surface area contributed by atoms with Crippen molar-refractivity contribution < 1.29 is 23.9 Å². The van der Waals surface area contributed by atoms with Gasteiger partial charge in [0.2, 0.25) is 5.91 Å². The minimum atomic E-state index is -1.35. The molecule has 35 heavy (non-hydrogen) atoms. The lowest BCUT2D eigenvalue weighted by atomic mass is 10.0. The Bertz CT molecular complexity index is 1180. The van der Waals surface area contributed by atoms with Gasteiger partial charge in [-0.3, -0.25) is 14.9 Å². The summed E-state index contributed by atoms with van der Waals surface area (Å²) in [6.45, 7) is 1.67. The van der Waals surface area contributed by atoms with Crippen molar-refractivity contribution in [2.75, 3.05) is 31.0 Å². The van der Waals surface area contributed by atoms with Crippen LogP contribution in [0.5, 0.6) is 11.5 Å². The number of imide groups is 1. The maximum Gasteiger partial charge on any atom is 0.413 e. The summed E-state index contributed by atoms with van der Waals surface area (Å²) in [5, 5.41) is 12.9. The summed E-state index contributed by atoms with van der Waals surface area (Å²) in [6, 6.07) is 8.84. The smallest absolute Gasteiger partial charge is 0.413 e. The molecule has 10 nitrogen and oxygen atoms in total. The van der Waals surface area contributed by atoms with Gasteiger partial charge < -0.3 is 19.8 Å². The van der Waals surface area contributed by atoms with Crippen LogP contribution in [-0.2, 0) is 20.7 Å². The largest absolute Gasteiger partial charge is 0.454 e. The maximum absolute atomic E-state index is 12.2. The number of carbonyl (C=O) groups excluding carboxylic acids is 3. The second-order valence-electron chi connectivity index (χ2n) is 7.58. The number of nitriles is 1. The summed E-state index contributed by atoms with van der Waals surface area (Å²) in [7, 11) is 3.17. The highest BCUT2D eigenvalue weighted by Gasteiger charge is 2.26. The van der Waals surface area contributed by atoms with Crippen LogP contribution in [0.4, 0.5) is 16.2 Å². The summed E-state index contributed by atoms with van der Waals surface area (Å²) in [4.78, 5) is 37.2. The fourth-order valence-electron chi connectivity index (χ4n) is 3.46. The molecule has 0 saturated carbocycles. The molecule has 0 bridgehead atoms. The average molecular weight is 520 g/mol. The standard InChI is InChI=1S/C23H23Cl2N5O5/c1-4-34-23(33)27-22(32)19(12-26)30(3)28-14-10-16(24)21(17(25)11-14)35-15-6-7-18-13(9-15)5-8-20(31)29(18)2/h6-7,9-11,19,28H,4-5,8H2,1-3H3,(H,27,32,33). The molecule has 1 unspecified atom stereocenters. The maximum atomic E-state index is 12.2. The zero-order valence-electron chi connectivity index (χ0n) is 19.2. The summed E-state index contributed by atoms with van der Waals surface area (Å²) >= 11 is 12.8. The molecule has 12 heteroatoms. The van der Waals surface area contributed by atoms with E-state index < -0.39 is 18.0 Å². The molecule has 0 spiro atoms. The van der Waals surface area contributed by atoms with Gasteiger partial charge in [-0.1, -0.05) is 23.2 Å². The van der Waals surface area contributed by atoms with E-state index in [4.69, 9.17) is 27.9 Å². The highest BCUT2D eigenvalue weighted by molar-refractivity contribution is 6.37. The third kappa shape index (κ3) is 6.14. The Labute approximate surface area is 212 Å². The fourth-order valence-corrected chi connectivity index (χ4v) is 4.03. The second-order valence-corrected chi connectivity index (χ2v) is 8.39. The monoisotopic (exact) mass is 519 g/mol. The van der Waals surface area contributed by atoms with Crippen LogP contribution < -0.4 is 20.4 Å². The highest BCUT2D eigenvalue weighted by atomic mass is 35.5. The molecule has 2 aromatic rings. The zero-order valence-corrected chi connectivity index (χ0v) is 20.7. The first-order valence-electron chi connectivity index (χ1n) is 10.6. The number of nitrogens with zero attached hydrogens (tertiary/aromatic N) is 3. The molecular formula is C23H23Cl2N5O5. The number of fused-ring (bicyclic) bond motifs is 1. The minimum absolute atomic E-state index is 0.0577. The highest BCUT2D eigenvalue weighted by Crippen LogP contribution is 2.40. The number of benzene rings is 2. The van der Waals surface area contributed by atoms with Gasteiger partial charge in [0.25, 0.3) is 5.91 Å². The predicted octanol–water partition coefficient (Wildman–Crippen LogP) is 4.12. The Morgan fingerprint density at radius 2 is 1.91 bits per heavy atom. The van der Waals surface area contributed by atoms with Crippen LogP contribution in [0.25, 0.3) is 0 Å². The number of anilines is 2. The number of hydrazine groups is 1. The van der Waals surface area contributed by atoms with E-state index in [1.165, 1.54) is 24.2 Å². The van der Waals surface area contributed by atoms with E-state index in [1.807, 2.05) is 11.4 Å². The molecule has 0 fully saturated rings. The normalized spacial score (nSPS) is 13.5. The lowest BCUT2D eigenvalue weighted by Crippen LogP contribution is -2.48. The van der Waals surface area contributed by atoms with E-state index >= 15 is 0 Å². The molecule has 0 saturated heterocycles. The van der Waals surface area contributed by atoms with Crippen LogP contribution in [0.3, 0.4) is 0 Å². The molecule has 3 amide bonds. The van der Waals surface area contributed by atoms with Crippen LogP contribution in [0, 0.1) is 11.3 Å². The van der Waals surface area contributed by atoms with Crippen molar-refractivity contribution in [2.45, 2.75) is 25.8 Å². The van der Waals surface area contributed by atoms with Gasteiger partial charge in [0, 0.05) is 26.2 Å². The molecule has 0 aromatic heterocycles. The molecule has 2 aromatic carbocycles. The molecule has 1 heterocycles. The molecule has 2 N–H and O–H groups in total.